The number of aliphatic hydroxyl groups is 1. The maximum Gasteiger partial charge on any atom is 0.126 e. The van der Waals surface area contributed by atoms with Gasteiger partial charge in [-0.1, -0.05) is 30.3 Å². The SMILES string of the molecule is Cc1ccc(CNc2ccccc2CN2CCC(O)CC2)cc1F. The van der Waals surface area contributed by atoms with Crippen molar-refractivity contribution in [1.29, 1.82) is 0 Å². The standard InChI is InChI=1S/C20H25FN2O/c1-15-6-7-16(12-19(15)21)13-22-20-5-3-2-4-17(20)14-23-10-8-18(24)9-11-23/h2-7,12,18,22,24H,8-11,13-14H2,1H3. The highest BCUT2D eigenvalue weighted by atomic mass is 19.1. The summed E-state index contributed by atoms with van der Waals surface area (Å²) in [4.78, 5) is 2.37. The Morgan fingerprint density at radius 2 is 1.92 bits per heavy atom. The van der Waals surface area contributed by atoms with Crippen molar-refractivity contribution in [3.05, 3.63) is 65.0 Å². The van der Waals surface area contributed by atoms with Crippen molar-refractivity contribution in [2.24, 2.45) is 0 Å². The molecule has 0 bridgehead atoms. The average Bonchev–Trinajstić information content (AvgIpc) is 2.59. The van der Waals surface area contributed by atoms with E-state index in [1.54, 1.807) is 13.0 Å². The number of para-hydroxylation sites is 1. The molecule has 2 N–H and O–H groups in total. The molecule has 0 radical (unpaired) electrons. The van der Waals surface area contributed by atoms with Gasteiger partial charge in [0, 0.05) is 31.9 Å². The number of anilines is 1. The highest BCUT2D eigenvalue weighted by Crippen LogP contribution is 2.21. The zero-order valence-electron chi connectivity index (χ0n) is 14.1. The van der Waals surface area contributed by atoms with E-state index in [1.807, 2.05) is 24.3 Å². The number of benzene rings is 2. The number of likely N-dealkylation sites (tertiary alicyclic amines) is 1. The predicted octanol–water partition coefficient (Wildman–Crippen LogP) is 3.70. The number of nitrogens with one attached hydrogen (secondary N) is 1. The second-order valence-electron chi connectivity index (χ2n) is 6.60. The summed E-state index contributed by atoms with van der Waals surface area (Å²) >= 11 is 0. The molecule has 1 fully saturated rings. The van der Waals surface area contributed by atoms with Crippen LogP contribution in [0.3, 0.4) is 0 Å². The van der Waals surface area contributed by atoms with Crippen LogP contribution in [-0.2, 0) is 13.1 Å². The van der Waals surface area contributed by atoms with Crippen LogP contribution in [0.25, 0.3) is 0 Å². The largest absolute Gasteiger partial charge is 0.393 e. The smallest absolute Gasteiger partial charge is 0.126 e. The molecule has 0 aromatic heterocycles. The summed E-state index contributed by atoms with van der Waals surface area (Å²) in [6.45, 7) is 5.11. The van der Waals surface area contributed by atoms with E-state index in [0.29, 0.717) is 12.1 Å². The summed E-state index contributed by atoms with van der Waals surface area (Å²) in [5.74, 6) is -0.158. The van der Waals surface area contributed by atoms with Gasteiger partial charge in [0.15, 0.2) is 0 Å². The van der Waals surface area contributed by atoms with E-state index in [0.717, 1.165) is 43.7 Å². The van der Waals surface area contributed by atoms with Gasteiger partial charge in [-0.05, 0) is 48.6 Å². The summed E-state index contributed by atoms with van der Waals surface area (Å²) in [6, 6.07) is 13.6. The monoisotopic (exact) mass is 328 g/mol. The third-order valence-electron chi connectivity index (χ3n) is 4.69. The lowest BCUT2D eigenvalue weighted by atomic mass is 10.1. The summed E-state index contributed by atoms with van der Waals surface area (Å²) in [6.07, 6.45) is 1.54. The van der Waals surface area contributed by atoms with Gasteiger partial charge in [0.1, 0.15) is 5.82 Å². The van der Waals surface area contributed by atoms with E-state index < -0.39 is 0 Å². The summed E-state index contributed by atoms with van der Waals surface area (Å²) < 4.78 is 13.7. The quantitative estimate of drug-likeness (QED) is 0.878. The number of piperidine rings is 1. The van der Waals surface area contributed by atoms with Gasteiger partial charge >= 0.3 is 0 Å². The van der Waals surface area contributed by atoms with Crippen LogP contribution in [0.15, 0.2) is 42.5 Å². The fourth-order valence-corrected chi connectivity index (χ4v) is 3.09. The van der Waals surface area contributed by atoms with E-state index in [4.69, 9.17) is 0 Å². The molecule has 0 atom stereocenters. The first-order valence-corrected chi connectivity index (χ1v) is 8.59. The van der Waals surface area contributed by atoms with Gasteiger partial charge in [-0.25, -0.2) is 4.39 Å². The average molecular weight is 328 g/mol. The number of aliphatic hydroxyl groups excluding tert-OH is 1. The molecule has 1 heterocycles. The van der Waals surface area contributed by atoms with Gasteiger partial charge < -0.3 is 10.4 Å². The molecule has 0 saturated carbocycles. The lowest BCUT2D eigenvalue weighted by molar-refractivity contribution is 0.0793. The number of aryl methyl sites for hydroxylation is 1. The van der Waals surface area contributed by atoms with E-state index in [2.05, 4.69) is 22.3 Å². The predicted molar refractivity (Wildman–Crippen MR) is 95.4 cm³/mol. The minimum absolute atomic E-state index is 0.147. The minimum Gasteiger partial charge on any atom is -0.393 e. The minimum atomic E-state index is -0.158. The van der Waals surface area contributed by atoms with Crippen molar-refractivity contribution in [2.75, 3.05) is 18.4 Å². The molecule has 24 heavy (non-hydrogen) atoms. The van der Waals surface area contributed by atoms with Gasteiger partial charge in [-0.15, -0.1) is 0 Å². The Morgan fingerprint density at radius 1 is 1.17 bits per heavy atom. The number of halogens is 1. The van der Waals surface area contributed by atoms with Crippen molar-refractivity contribution in [3.8, 4) is 0 Å². The first-order valence-electron chi connectivity index (χ1n) is 8.59. The fourth-order valence-electron chi connectivity index (χ4n) is 3.09. The van der Waals surface area contributed by atoms with Crippen LogP contribution in [0.2, 0.25) is 0 Å². The molecule has 1 saturated heterocycles. The second-order valence-corrected chi connectivity index (χ2v) is 6.60. The van der Waals surface area contributed by atoms with Gasteiger partial charge in [0.25, 0.3) is 0 Å². The van der Waals surface area contributed by atoms with Crippen molar-refractivity contribution in [2.45, 2.75) is 39.0 Å². The molecule has 2 aromatic rings. The Hall–Kier alpha value is -1.91. The molecule has 2 aromatic carbocycles. The van der Waals surface area contributed by atoms with Crippen molar-refractivity contribution in [3.63, 3.8) is 0 Å². The topological polar surface area (TPSA) is 35.5 Å². The molecule has 1 aliphatic rings. The summed E-state index contributed by atoms with van der Waals surface area (Å²) in [5.41, 5.74) is 3.94. The molecule has 0 amide bonds. The molecule has 4 heteroatoms. The van der Waals surface area contributed by atoms with E-state index in [-0.39, 0.29) is 11.9 Å². The second kappa shape index (κ2) is 7.77. The first kappa shape index (κ1) is 16.9. The first-order chi connectivity index (χ1) is 11.6. The lowest BCUT2D eigenvalue weighted by Crippen LogP contribution is -2.35. The Labute approximate surface area is 143 Å². The van der Waals surface area contributed by atoms with E-state index >= 15 is 0 Å². The third kappa shape index (κ3) is 4.34. The Bertz CT molecular complexity index is 681. The van der Waals surface area contributed by atoms with Crippen LogP contribution in [0, 0.1) is 12.7 Å². The highest BCUT2D eigenvalue weighted by Gasteiger charge is 2.17. The Kier molecular flexibility index (Phi) is 5.48. The zero-order chi connectivity index (χ0) is 16.9. The number of hydrogen-bond donors (Lipinski definition) is 2. The number of rotatable bonds is 5. The van der Waals surface area contributed by atoms with Crippen LogP contribution in [0.1, 0.15) is 29.5 Å². The molecular weight excluding hydrogens is 303 g/mol. The molecule has 128 valence electrons. The van der Waals surface area contributed by atoms with Crippen LogP contribution in [-0.4, -0.2) is 29.2 Å². The molecular formula is C20H25FN2O. The van der Waals surface area contributed by atoms with Crippen molar-refractivity contribution < 1.29 is 9.50 Å². The van der Waals surface area contributed by atoms with Crippen molar-refractivity contribution in [1.82, 2.24) is 4.90 Å². The van der Waals surface area contributed by atoms with Crippen LogP contribution < -0.4 is 5.32 Å². The van der Waals surface area contributed by atoms with E-state index in [1.165, 1.54) is 5.56 Å². The van der Waals surface area contributed by atoms with Gasteiger partial charge in [0.2, 0.25) is 0 Å². The zero-order valence-corrected chi connectivity index (χ0v) is 14.1. The lowest BCUT2D eigenvalue weighted by Gasteiger charge is -2.30. The molecule has 0 aliphatic carbocycles. The number of nitrogens with zero attached hydrogens (tertiary/aromatic N) is 1. The molecule has 1 aliphatic heterocycles. The fraction of sp³-hybridized carbons (Fsp3) is 0.400. The number of hydrogen-bond acceptors (Lipinski definition) is 3. The van der Waals surface area contributed by atoms with E-state index in [9.17, 15) is 9.50 Å². The third-order valence-corrected chi connectivity index (χ3v) is 4.69. The van der Waals surface area contributed by atoms with Gasteiger partial charge in [-0.3, -0.25) is 4.90 Å². The Balaban J connectivity index is 1.64. The Morgan fingerprint density at radius 3 is 2.67 bits per heavy atom. The van der Waals surface area contributed by atoms with Crippen molar-refractivity contribution >= 4 is 5.69 Å². The van der Waals surface area contributed by atoms with Crippen LogP contribution >= 0.6 is 0 Å². The molecule has 0 spiro atoms. The summed E-state index contributed by atoms with van der Waals surface area (Å²) in [5, 5.41) is 13.1. The van der Waals surface area contributed by atoms with Crippen LogP contribution in [0.5, 0.6) is 0 Å². The molecule has 3 rings (SSSR count). The van der Waals surface area contributed by atoms with Gasteiger partial charge in [-0.2, -0.15) is 0 Å². The maximum atomic E-state index is 13.7. The van der Waals surface area contributed by atoms with Gasteiger partial charge in [0.05, 0.1) is 6.10 Å². The molecule has 0 unspecified atom stereocenters. The maximum absolute atomic E-state index is 13.7. The normalized spacial score (nSPS) is 16.3. The van der Waals surface area contributed by atoms with Crippen LogP contribution in [0.4, 0.5) is 10.1 Å². The molecule has 3 nitrogen and oxygen atoms in total. The summed E-state index contributed by atoms with van der Waals surface area (Å²) in [7, 11) is 0. The highest BCUT2D eigenvalue weighted by molar-refractivity contribution is 5.51.